The molecule has 0 radical (unpaired) electrons. The highest BCUT2D eigenvalue weighted by Gasteiger charge is 2.32. The lowest BCUT2D eigenvalue weighted by molar-refractivity contribution is 0.0692. The number of nitrogens with one attached hydrogen (secondary N) is 1. The van der Waals surface area contributed by atoms with E-state index in [2.05, 4.69) is 5.32 Å². The number of benzene rings is 1. The fourth-order valence-electron chi connectivity index (χ4n) is 3.10. The normalized spacial score (nSPS) is 20.3. The molecule has 0 spiro atoms. The van der Waals surface area contributed by atoms with E-state index in [1.807, 2.05) is 0 Å². The zero-order valence-corrected chi connectivity index (χ0v) is 12.3. The van der Waals surface area contributed by atoms with E-state index >= 15 is 0 Å². The maximum Gasteiger partial charge on any atom is 0.337 e. The summed E-state index contributed by atoms with van der Waals surface area (Å²) in [5, 5.41) is 13.7. The van der Waals surface area contributed by atoms with Gasteiger partial charge in [-0.3, -0.25) is 0 Å². The summed E-state index contributed by atoms with van der Waals surface area (Å²) < 4.78 is 24.4. The van der Waals surface area contributed by atoms with Crippen LogP contribution in [0, 0.1) is 0 Å². The topological polar surface area (TPSA) is 83.5 Å². The van der Waals surface area contributed by atoms with Crippen LogP contribution >= 0.6 is 0 Å². The van der Waals surface area contributed by atoms with Gasteiger partial charge in [0.05, 0.1) is 10.5 Å². The van der Waals surface area contributed by atoms with Crippen molar-refractivity contribution in [1.82, 2.24) is 5.32 Å². The Labute approximate surface area is 123 Å². The van der Waals surface area contributed by atoms with E-state index in [1.54, 1.807) is 12.1 Å². The van der Waals surface area contributed by atoms with Crippen LogP contribution in [-0.2, 0) is 9.84 Å². The minimum absolute atomic E-state index is 0.0688. The van der Waals surface area contributed by atoms with Gasteiger partial charge in [-0.15, -0.1) is 0 Å². The third-order valence-electron chi connectivity index (χ3n) is 4.11. The van der Waals surface area contributed by atoms with Gasteiger partial charge in [-0.25, -0.2) is 13.2 Å². The van der Waals surface area contributed by atoms with Gasteiger partial charge in [0.1, 0.15) is 0 Å². The molecule has 0 saturated heterocycles. The maximum absolute atomic E-state index is 12.2. The summed E-state index contributed by atoms with van der Waals surface area (Å²) >= 11 is 0. The zero-order chi connectivity index (χ0) is 15.0. The lowest BCUT2D eigenvalue weighted by Crippen LogP contribution is -2.27. The van der Waals surface area contributed by atoms with E-state index in [9.17, 15) is 13.2 Å². The Balaban J connectivity index is 1.92. The van der Waals surface area contributed by atoms with Crippen LogP contribution in [0.4, 0.5) is 0 Å². The van der Waals surface area contributed by atoms with Crippen molar-refractivity contribution in [1.29, 1.82) is 0 Å². The molecule has 0 unspecified atom stereocenters. The molecule has 1 saturated carbocycles. The number of rotatable bonds is 4. The fraction of sp³-hybridized carbons (Fsp3) is 0.400. The second-order valence-electron chi connectivity index (χ2n) is 5.54. The third-order valence-corrected chi connectivity index (χ3v) is 5.71. The molecule has 1 aromatic rings. The summed E-state index contributed by atoms with van der Waals surface area (Å²) in [6, 6.07) is 5.03. The Morgan fingerprint density at radius 3 is 2.67 bits per heavy atom. The molecule has 0 bridgehead atoms. The van der Waals surface area contributed by atoms with Crippen molar-refractivity contribution in [2.24, 2.45) is 0 Å². The van der Waals surface area contributed by atoms with Crippen molar-refractivity contribution in [3.05, 3.63) is 34.7 Å². The lowest BCUT2D eigenvalue weighted by atomic mass is 10.0. The second kappa shape index (κ2) is 5.27. The van der Waals surface area contributed by atoms with E-state index in [1.165, 1.54) is 24.3 Å². The molecule has 6 heteroatoms. The molecule has 1 aliphatic carbocycles. The lowest BCUT2D eigenvalue weighted by Gasteiger charge is -2.13. The number of carbonyl (C=O) groups is 1. The second-order valence-corrected chi connectivity index (χ2v) is 7.27. The summed E-state index contributed by atoms with van der Waals surface area (Å²) in [4.78, 5) is 11.2. The minimum atomic E-state index is -3.66. The molecule has 1 aliphatic heterocycles. The van der Waals surface area contributed by atoms with Crippen LogP contribution in [0.5, 0.6) is 0 Å². The maximum atomic E-state index is 12.2. The van der Waals surface area contributed by atoms with Crippen molar-refractivity contribution < 1.29 is 18.3 Å². The van der Waals surface area contributed by atoms with E-state index in [0.717, 1.165) is 12.8 Å². The quantitative estimate of drug-likeness (QED) is 0.889. The number of hydrogen-bond acceptors (Lipinski definition) is 4. The molecule has 2 N–H and O–H groups in total. The van der Waals surface area contributed by atoms with E-state index in [-0.39, 0.29) is 10.5 Å². The van der Waals surface area contributed by atoms with Crippen LogP contribution in [0.2, 0.25) is 0 Å². The number of sulfone groups is 1. The number of fused-ring (bicyclic) bond motifs is 1. The zero-order valence-electron chi connectivity index (χ0n) is 11.5. The van der Waals surface area contributed by atoms with Crippen molar-refractivity contribution >= 4 is 21.4 Å². The SMILES string of the molecule is O=C(O)c1cccc2c1S(=O)(=O)C=C2CNC1CCCC1. The summed E-state index contributed by atoms with van der Waals surface area (Å²) in [6.07, 6.45) is 4.63. The van der Waals surface area contributed by atoms with Gasteiger partial charge in [-0.1, -0.05) is 25.0 Å². The Bertz CT molecular complexity index is 715. The number of carboxylic acid groups (broad SMARTS) is 1. The first-order chi connectivity index (χ1) is 9.99. The molecular formula is C15H17NO4S. The van der Waals surface area contributed by atoms with E-state index in [0.29, 0.717) is 23.7 Å². The molecule has 5 nitrogen and oxygen atoms in total. The highest BCUT2D eigenvalue weighted by atomic mass is 32.2. The highest BCUT2D eigenvalue weighted by Crippen LogP contribution is 2.35. The van der Waals surface area contributed by atoms with Crippen LogP contribution in [0.25, 0.3) is 5.57 Å². The minimum Gasteiger partial charge on any atom is -0.478 e. The largest absolute Gasteiger partial charge is 0.478 e. The molecule has 112 valence electrons. The molecular weight excluding hydrogens is 290 g/mol. The van der Waals surface area contributed by atoms with Gasteiger partial charge >= 0.3 is 5.97 Å². The number of hydrogen-bond donors (Lipinski definition) is 2. The predicted octanol–water partition coefficient (Wildman–Crippen LogP) is 2.05. The van der Waals surface area contributed by atoms with Gasteiger partial charge in [0.25, 0.3) is 0 Å². The van der Waals surface area contributed by atoms with Gasteiger partial charge < -0.3 is 10.4 Å². The van der Waals surface area contributed by atoms with Gasteiger partial charge in [-0.05, 0) is 30.0 Å². The summed E-state index contributed by atoms with van der Waals surface area (Å²) in [7, 11) is -3.66. The van der Waals surface area contributed by atoms with Crippen molar-refractivity contribution in [2.45, 2.75) is 36.6 Å². The Morgan fingerprint density at radius 1 is 1.29 bits per heavy atom. The summed E-state index contributed by atoms with van der Waals surface area (Å²) in [5.41, 5.74) is 1.01. The van der Waals surface area contributed by atoms with Gasteiger partial charge in [0.15, 0.2) is 0 Å². The molecule has 1 aromatic carbocycles. The third kappa shape index (κ3) is 2.61. The Kier molecular flexibility index (Phi) is 3.59. The molecule has 1 heterocycles. The number of carboxylic acids is 1. The monoisotopic (exact) mass is 307 g/mol. The first-order valence-electron chi connectivity index (χ1n) is 7.05. The average molecular weight is 307 g/mol. The van der Waals surface area contributed by atoms with Crippen LogP contribution in [0.1, 0.15) is 41.6 Å². The molecule has 1 fully saturated rings. The van der Waals surface area contributed by atoms with E-state index in [4.69, 9.17) is 5.11 Å². The molecule has 2 aliphatic rings. The van der Waals surface area contributed by atoms with Gasteiger partial charge in [0, 0.05) is 18.0 Å². The Hall–Kier alpha value is -1.66. The van der Waals surface area contributed by atoms with Crippen LogP contribution in [0.15, 0.2) is 28.5 Å². The predicted molar refractivity (Wildman–Crippen MR) is 78.8 cm³/mol. The molecule has 0 amide bonds. The fourth-order valence-corrected chi connectivity index (χ4v) is 4.77. The molecule has 0 atom stereocenters. The molecule has 21 heavy (non-hydrogen) atoms. The van der Waals surface area contributed by atoms with Crippen LogP contribution < -0.4 is 5.32 Å². The molecule has 3 rings (SSSR count). The first kappa shape index (κ1) is 14.3. The number of aromatic carboxylic acids is 1. The van der Waals surface area contributed by atoms with Crippen LogP contribution in [0.3, 0.4) is 0 Å². The average Bonchev–Trinajstić information content (AvgIpc) is 3.03. The van der Waals surface area contributed by atoms with Crippen molar-refractivity contribution in [3.63, 3.8) is 0 Å². The standard InChI is InChI=1S/C15H17NO4S/c17-15(18)13-7-3-6-12-10(9-21(19,20)14(12)13)8-16-11-4-1-2-5-11/h3,6-7,9,11,16H,1-2,4-5,8H2,(H,17,18). The highest BCUT2D eigenvalue weighted by molar-refractivity contribution is 7.95. The van der Waals surface area contributed by atoms with Crippen LogP contribution in [-0.4, -0.2) is 32.1 Å². The Morgan fingerprint density at radius 2 is 2.00 bits per heavy atom. The van der Waals surface area contributed by atoms with Crippen molar-refractivity contribution in [2.75, 3.05) is 6.54 Å². The van der Waals surface area contributed by atoms with Gasteiger partial charge in [-0.2, -0.15) is 0 Å². The van der Waals surface area contributed by atoms with E-state index < -0.39 is 15.8 Å². The summed E-state index contributed by atoms with van der Waals surface area (Å²) in [6.45, 7) is 0.458. The van der Waals surface area contributed by atoms with Gasteiger partial charge in [0.2, 0.25) is 9.84 Å². The summed E-state index contributed by atoms with van der Waals surface area (Å²) in [5.74, 6) is -1.21. The van der Waals surface area contributed by atoms with Crippen molar-refractivity contribution in [3.8, 4) is 0 Å². The first-order valence-corrected chi connectivity index (χ1v) is 8.59. The smallest absolute Gasteiger partial charge is 0.337 e. The molecule has 0 aromatic heterocycles.